The predicted molar refractivity (Wildman–Crippen MR) is 73.3 cm³/mol. The molecule has 6 nitrogen and oxygen atoms in total. The van der Waals surface area contributed by atoms with Gasteiger partial charge in [-0.25, -0.2) is 0 Å². The van der Waals surface area contributed by atoms with Gasteiger partial charge in [-0.15, -0.1) is 0 Å². The molecule has 1 aromatic carbocycles. The van der Waals surface area contributed by atoms with E-state index in [0.29, 0.717) is 11.4 Å². The molecular weight excluding hydrogens is 262 g/mol. The van der Waals surface area contributed by atoms with Crippen LogP contribution in [0.3, 0.4) is 0 Å². The van der Waals surface area contributed by atoms with Gasteiger partial charge >= 0.3 is 11.9 Å². The molecule has 0 aliphatic heterocycles. The third-order valence-electron chi connectivity index (χ3n) is 2.66. The number of hydrogen-bond donors (Lipinski definition) is 2. The van der Waals surface area contributed by atoms with E-state index in [9.17, 15) is 9.59 Å². The number of aliphatic carboxylic acids is 1. The van der Waals surface area contributed by atoms with Crippen LogP contribution >= 0.6 is 0 Å². The number of nitrogens with two attached hydrogens (primary N) is 1. The van der Waals surface area contributed by atoms with Gasteiger partial charge in [-0.05, 0) is 26.0 Å². The average molecular weight is 281 g/mol. The Labute approximate surface area is 117 Å². The van der Waals surface area contributed by atoms with Gasteiger partial charge in [-0.1, -0.05) is 12.1 Å². The molecule has 0 amide bonds. The van der Waals surface area contributed by atoms with E-state index < -0.39 is 17.4 Å². The van der Waals surface area contributed by atoms with Crippen LogP contribution in [0.2, 0.25) is 0 Å². The lowest BCUT2D eigenvalue weighted by Crippen LogP contribution is -2.30. The van der Waals surface area contributed by atoms with Crippen molar-refractivity contribution in [3.8, 4) is 5.75 Å². The van der Waals surface area contributed by atoms with E-state index in [4.69, 9.17) is 20.3 Å². The number of para-hydroxylation sites is 2. The van der Waals surface area contributed by atoms with Crippen LogP contribution in [0.15, 0.2) is 24.3 Å². The lowest BCUT2D eigenvalue weighted by molar-refractivity contribution is -0.156. The van der Waals surface area contributed by atoms with Crippen LogP contribution in [-0.4, -0.2) is 30.3 Å². The minimum Gasteiger partial charge on any atom is -0.491 e. The SMILES string of the molecule is CC(C)(COC(=O)CCOc1ccccc1N)C(=O)O. The van der Waals surface area contributed by atoms with Gasteiger partial charge in [0.25, 0.3) is 0 Å². The second-order valence-electron chi connectivity index (χ2n) is 4.99. The first kappa shape index (κ1) is 15.8. The maximum absolute atomic E-state index is 11.5. The second-order valence-corrected chi connectivity index (χ2v) is 4.99. The number of carboxylic acids is 1. The van der Waals surface area contributed by atoms with Crippen LogP contribution in [0.25, 0.3) is 0 Å². The average Bonchev–Trinajstić information content (AvgIpc) is 2.38. The summed E-state index contributed by atoms with van der Waals surface area (Å²) in [7, 11) is 0. The van der Waals surface area contributed by atoms with E-state index in [1.807, 2.05) is 0 Å². The Balaban J connectivity index is 2.31. The van der Waals surface area contributed by atoms with Crippen LogP contribution in [-0.2, 0) is 14.3 Å². The summed E-state index contributed by atoms with van der Waals surface area (Å²) < 4.78 is 10.2. The van der Waals surface area contributed by atoms with Gasteiger partial charge in [0.1, 0.15) is 12.4 Å². The Morgan fingerprint density at radius 1 is 1.30 bits per heavy atom. The number of benzene rings is 1. The van der Waals surface area contributed by atoms with Crippen LogP contribution < -0.4 is 10.5 Å². The largest absolute Gasteiger partial charge is 0.491 e. The topological polar surface area (TPSA) is 98.9 Å². The molecule has 0 spiro atoms. The molecule has 6 heteroatoms. The number of anilines is 1. The summed E-state index contributed by atoms with van der Waals surface area (Å²) in [5.41, 5.74) is 5.08. The van der Waals surface area contributed by atoms with E-state index in [2.05, 4.69) is 0 Å². The summed E-state index contributed by atoms with van der Waals surface area (Å²) in [6.45, 7) is 2.93. The van der Waals surface area contributed by atoms with Crippen molar-refractivity contribution < 1.29 is 24.2 Å². The van der Waals surface area contributed by atoms with Gasteiger partial charge < -0.3 is 20.3 Å². The molecule has 110 valence electrons. The quantitative estimate of drug-likeness (QED) is 0.583. The van der Waals surface area contributed by atoms with Crippen molar-refractivity contribution in [2.75, 3.05) is 18.9 Å². The van der Waals surface area contributed by atoms with Gasteiger partial charge in [-0.2, -0.15) is 0 Å². The van der Waals surface area contributed by atoms with Gasteiger partial charge in [-0.3, -0.25) is 9.59 Å². The first-order chi connectivity index (χ1) is 9.33. The zero-order valence-corrected chi connectivity index (χ0v) is 11.6. The number of carbonyl (C=O) groups is 2. The summed E-state index contributed by atoms with van der Waals surface area (Å²) in [4.78, 5) is 22.3. The summed E-state index contributed by atoms with van der Waals surface area (Å²) in [5.74, 6) is -1.02. The summed E-state index contributed by atoms with van der Waals surface area (Å²) in [5, 5.41) is 8.88. The second kappa shape index (κ2) is 6.79. The molecule has 0 saturated carbocycles. The Bertz CT molecular complexity index is 484. The fourth-order valence-corrected chi connectivity index (χ4v) is 1.25. The fraction of sp³-hybridized carbons (Fsp3) is 0.429. The Morgan fingerprint density at radius 2 is 1.95 bits per heavy atom. The first-order valence-electron chi connectivity index (χ1n) is 6.19. The van der Waals surface area contributed by atoms with Crippen LogP contribution in [0, 0.1) is 5.41 Å². The number of carboxylic acid groups (broad SMARTS) is 1. The van der Waals surface area contributed by atoms with Crippen molar-refractivity contribution >= 4 is 17.6 Å². The molecule has 0 bridgehead atoms. The Kier molecular flexibility index (Phi) is 5.37. The van der Waals surface area contributed by atoms with E-state index in [-0.39, 0.29) is 19.6 Å². The van der Waals surface area contributed by atoms with Gasteiger partial charge in [0.15, 0.2) is 0 Å². The first-order valence-corrected chi connectivity index (χ1v) is 6.19. The van der Waals surface area contributed by atoms with E-state index in [1.54, 1.807) is 24.3 Å². The summed E-state index contributed by atoms with van der Waals surface area (Å²) >= 11 is 0. The van der Waals surface area contributed by atoms with Gasteiger partial charge in [0.2, 0.25) is 0 Å². The van der Waals surface area contributed by atoms with Crippen LogP contribution in [0.1, 0.15) is 20.3 Å². The number of hydrogen-bond acceptors (Lipinski definition) is 5. The Hall–Kier alpha value is -2.24. The molecule has 3 N–H and O–H groups in total. The van der Waals surface area contributed by atoms with E-state index in [0.717, 1.165) is 0 Å². The third kappa shape index (κ3) is 4.79. The third-order valence-corrected chi connectivity index (χ3v) is 2.66. The zero-order valence-electron chi connectivity index (χ0n) is 11.6. The number of carbonyl (C=O) groups excluding carboxylic acids is 1. The molecule has 0 atom stereocenters. The highest BCUT2D eigenvalue weighted by Gasteiger charge is 2.28. The molecule has 1 aromatic rings. The molecule has 0 aliphatic carbocycles. The summed E-state index contributed by atoms with van der Waals surface area (Å²) in [6.07, 6.45) is 0.0318. The molecule has 20 heavy (non-hydrogen) atoms. The zero-order chi connectivity index (χ0) is 15.2. The Morgan fingerprint density at radius 3 is 2.55 bits per heavy atom. The monoisotopic (exact) mass is 281 g/mol. The highest BCUT2D eigenvalue weighted by atomic mass is 16.5. The number of nitrogen functional groups attached to an aromatic ring is 1. The minimum absolute atomic E-state index is 0.0318. The fourth-order valence-electron chi connectivity index (χ4n) is 1.25. The normalized spacial score (nSPS) is 10.9. The molecule has 0 fully saturated rings. The molecule has 0 radical (unpaired) electrons. The van der Waals surface area contributed by atoms with Crippen molar-refractivity contribution in [2.24, 2.45) is 5.41 Å². The number of rotatable bonds is 7. The molecule has 0 aromatic heterocycles. The van der Waals surface area contributed by atoms with E-state index >= 15 is 0 Å². The maximum Gasteiger partial charge on any atom is 0.312 e. The lowest BCUT2D eigenvalue weighted by Gasteiger charge is -2.18. The van der Waals surface area contributed by atoms with Crippen LogP contribution in [0.5, 0.6) is 5.75 Å². The molecule has 0 heterocycles. The number of esters is 1. The minimum atomic E-state index is -1.10. The summed E-state index contributed by atoms with van der Waals surface area (Å²) in [6, 6.07) is 6.96. The van der Waals surface area contributed by atoms with Crippen LogP contribution in [0.4, 0.5) is 5.69 Å². The standard InChI is InChI=1S/C14H19NO5/c1-14(2,13(17)18)9-20-12(16)7-8-19-11-6-4-3-5-10(11)15/h3-6H,7-9,15H2,1-2H3,(H,17,18). The number of ether oxygens (including phenoxy) is 2. The van der Waals surface area contributed by atoms with Crippen molar-refractivity contribution in [3.63, 3.8) is 0 Å². The maximum atomic E-state index is 11.5. The molecule has 0 saturated heterocycles. The van der Waals surface area contributed by atoms with Gasteiger partial charge in [0, 0.05) is 0 Å². The van der Waals surface area contributed by atoms with Crippen molar-refractivity contribution in [3.05, 3.63) is 24.3 Å². The smallest absolute Gasteiger partial charge is 0.312 e. The van der Waals surface area contributed by atoms with Gasteiger partial charge in [0.05, 0.1) is 24.1 Å². The van der Waals surface area contributed by atoms with Crippen molar-refractivity contribution in [1.82, 2.24) is 0 Å². The molecule has 0 unspecified atom stereocenters. The van der Waals surface area contributed by atoms with Crippen molar-refractivity contribution in [2.45, 2.75) is 20.3 Å². The highest BCUT2D eigenvalue weighted by molar-refractivity contribution is 5.75. The highest BCUT2D eigenvalue weighted by Crippen LogP contribution is 2.20. The van der Waals surface area contributed by atoms with E-state index in [1.165, 1.54) is 13.8 Å². The molecule has 0 aliphatic rings. The predicted octanol–water partition coefficient (Wildman–Crippen LogP) is 1.69. The molecule has 1 rings (SSSR count). The lowest BCUT2D eigenvalue weighted by atomic mass is 9.95. The molecular formula is C14H19NO5. The van der Waals surface area contributed by atoms with Crippen molar-refractivity contribution in [1.29, 1.82) is 0 Å².